The Morgan fingerprint density at radius 2 is 1.89 bits per heavy atom. The second-order valence-corrected chi connectivity index (χ2v) is 9.92. The summed E-state index contributed by atoms with van der Waals surface area (Å²) in [7, 11) is 0. The van der Waals surface area contributed by atoms with Gasteiger partial charge in [-0.1, -0.05) is 0 Å². The lowest BCUT2D eigenvalue weighted by molar-refractivity contribution is -0.125. The Balaban J connectivity index is 1.14. The van der Waals surface area contributed by atoms with Gasteiger partial charge in [-0.2, -0.15) is 5.10 Å². The summed E-state index contributed by atoms with van der Waals surface area (Å²) in [4.78, 5) is 24.9. The van der Waals surface area contributed by atoms with Gasteiger partial charge in [0, 0.05) is 47.5 Å². The molecule has 1 amide bonds. The Kier molecular flexibility index (Phi) is 6.54. The summed E-state index contributed by atoms with van der Waals surface area (Å²) < 4.78 is 1.80. The highest BCUT2D eigenvalue weighted by atomic mass is 32.1. The van der Waals surface area contributed by atoms with Crippen LogP contribution in [0.4, 0.5) is 5.82 Å². The minimum Gasteiger partial charge on any atom is -0.355 e. The molecule has 4 aromatic rings. The Morgan fingerprint density at radius 3 is 2.54 bits per heavy atom. The highest BCUT2D eigenvalue weighted by Crippen LogP contribution is 2.28. The lowest BCUT2D eigenvalue weighted by Crippen LogP contribution is -2.40. The Hall–Kier alpha value is -3.66. The molecule has 5 heterocycles. The number of carbonyl (C=O) groups excluding carboxylic acids is 1. The van der Waals surface area contributed by atoms with E-state index in [1.165, 1.54) is 0 Å². The van der Waals surface area contributed by atoms with E-state index in [1.807, 2.05) is 57.3 Å². The molecule has 0 aromatic carbocycles. The van der Waals surface area contributed by atoms with Gasteiger partial charge < -0.3 is 10.2 Å². The molecule has 0 atom stereocenters. The topological polar surface area (TPSA) is 102 Å². The second kappa shape index (κ2) is 9.91. The monoisotopic (exact) mass is 488 g/mol. The molecular weight excluding hydrogens is 460 g/mol. The number of aryl methyl sites for hydroxylation is 3. The van der Waals surface area contributed by atoms with Crippen LogP contribution in [0.15, 0.2) is 42.7 Å². The molecule has 4 aromatic heterocycles. The van der Waals surface area contributed by atoms with Crippen LogP contribution >= 0.6 is 11.3 Å². The number of thiazole rings is 1. The summed E-state index contributed by atoms with van der Waals surface area (Å²) in [5.41, 5.74) is 3.93. The number of hydrogen-bond donors (Lipinski definition) is 1. The predicted octanol–water partition coefficient (Wildman–Crippen LogP) is 3.64. The fraction of sp³-hybridized carbons (Fsp3) is 0.360. The summed E-state index contributed by atoms with van der Waals surface area (Å²) in [5, 5.41) is 17.3. The molecule has 0 unspecified atom stereocenters. The minimum atomic E-state index is -0.000738. The molecule has 0 radical (unpaired) electrons. The van der Waals surface area contributed by atoms with Gasteiger partial charge in [-0.25, -0.2) is 9.67 Å². The average molecular weight is 489 g/mol. The summed E-state index contributed by atoms with van der Waals surface area (Å²) >= 11 is 1.61. The van der Waals surface area contributed by atoms with Gasteiger partial charge in [0.05, 0.1) is 17.9 Å². The van der Waals surface area contributed by atoms with Crippen molar-refractivity contribution in [3.05, 3.63) is 64.7 Å². The van der Waals surface area contributed by atoms with Crippen LogP contribution in [0.3, 0.4) is 0 Å². The van der Waals surface area contributed by atoms with Gasteiger partial charge in [0.15, 0.2) is 11.6 Å². The quantitative estimate of drug-likeness (QED) is 0.442. The van der Waals surface area contributed by atoms with Crippen molar-refractivity contribution in [2.24, 2.45) is 5.92 Å². The third-order valence-corrected chi connectivity index (χ3v) is 7.48. The molecule has 0 spiro atoms. The zero-order chi connectivity index (χ0) is 24.4. The first kappa shape index (κ1) is 23.1. The number of aromatic nitrogens is 6. The molecule has 35 heavy (non-hydrogen) atoms. The highest BCUT2D eigenvalue weighted by molar-refractivity contribution is 7.15. The van der Waals surface area contributed by atoms with Crippen LogP contribution < -0.4 is 10.2 Å². The zero-order valence-electron chi connectivity index (χ0n) is 20.1. The van der Waals surface area contributed by atoms with Crippen molar-refractivity contribution in [2.75, 3.05) is 18.0 Å². The molecule has 5 rings (SSSR count). The van der Waals surface area contributed by atoms with Crippen LogP contribution in [0.25, 0.3) is 16.4 Å². The lowest BCUT2D eigenvalue weighted by Gasteiger charge is -2.31. The summed E-state index contributed by atoms with van der Waals surface area (Å²) in [5.74, 6) is 1.64. The highest BCUT2D eigenvalue weighted by Gasteiger charge is 2.26. The molecule has 1 aliphatic heterocycles. The maximum absolute atomic E-state index is 12.8. The van der Waals surface area contributed by atoms with E-state index in [9.17, 15) is 4.79 Å². The number of carbonyl (C=O) groups is 1. The number of piperidine rings is 1. The largest absolute Gasteiger partial charge is 0.355 e. The SMILES string of the molecule is Cc1cc(C)n(-c2ccc(N3CCC(C(=O)NCc4sc(-c5cccnc5)nc4C)CC3)nn2)n1. The van der Waals surface area contributed by atoms with Crippen LogP contribution in [0, 0.1) is 26.7 Å². The van der Waals surface area contributed by atoms with Crippen LogP contribution in [-0.4, -0.2) is 48.9 Å². The molecule has 10 heteroatoms. The van der Waals surface area contributed by atoms with E-state index in [0.29, 0.717) is 12.4 Å². The van der Waals surface area contributed by atoms with Crippen LogP contribution in [0.2, 0.25) is 0 Å². The number of nitrogens with one attached hydrogen (secondary N) is 1. The second-order valence-electron chi connectivity index (χ2n) is 8.84. The molecule has 1 aliphatic rings. The molecule has 0 saturated carbocycles. The molecule has 1 fully saturated rings. The Morgan fingerprint density at radius 1 is 1.11 bits per heavy atom. The number of amides is 1. The first-order valence-corrected chi connectivity index (χ1v) is 12.6. The van der Waals surface area contributed by atoms with Crippen molar-refractivity contribution in [3.63, 3.8) is 0 Å². The normalized spacial score (nSPS) is 14.3. The molecule has 1 N–H and O–H groups in total. The van der Waals surface area contributed by atoms with Crippen molar-refractivity contribution < 1.29 is 4.79 Å². The minimum absolute atomic E-state index is 0.000738. The smallest absolute Gasteiger partial charge is 0.223 e. The Labute approximate surface area is 208 Å². The fourth-order valence-electron chi connectivity index (χ4n) is 4.35. The van der Waals surface area contributed by atoms with E-state index < -0.39 is 0 Å². The maximum Gasteiger partial charge on any atom is 0.223 e. The van der Waals surface area contributed by atoms with Gasteiger partial charge in [-0.3, -0.25) is 9.78 Å². The van der Waals surface area contributed by atoms with Crippen LogP contribution in [0.1, 0.15) is 34.8 Å². The molecule has 0 bridgehead atoms. The van der Waals surface area contributed by atoms with Crippen molar-refractivity contribution in [1.82, 2.24) is 35.3 Å². The number of hydrogen-bond acceptors (Lipinski definition) is 8. The van der Waals surface area contributed by atoms with E-state index in [0.717, 1.165) is 64.3 Å². The van der Waals surface area contributed by atoms with Crippen molar-refractivity contribution in [1.29, 1.82) is 0 Å². The summed E-state index contributed by atoms with van der Waals surface area (Å²) in [6, 6.07) is 9.84. The molecule has 180 valence electrons. The zero-order valence-corrected chi connectivity index (χ0v) is 20.9. The van der Waals surface area contributed by atoms with Crippen LogP contribution in [-0.2, 0) is 11.3 Å². The average Bonchev–Trinajstić information content (AvgIpc) is 3.43. The molecule has 1 saturated heterocycles. The molecular formula is C25H28N8OS. The van der Waals surface area contributed by atoms with E-state index >= 15 is 0 Å². The van der Waals surface area contributed by atoms with Crippen molar-refractivity contribution in [3.8, 4) is 16.4 Å². The van der Waals surface area contributed by atoms with Gasteiger partial charge in [-0.05, 0) is 63.9 Å². The maximum atomic E-state index is 12.8. The first-order valence-electron chi connectivity index (χ1n) is 11.7. The van der Waals surface area contributed by atoms with Gasteiger partial charge in [0.2, 0.25) is 5.91 Å². The van der Waals surface area contributed by atoms with Gasteiger partial charge >= 0.3 is 0 Å². The van der Waals surface area contributed by atoms with E-state index in [2.05, 4.69) is 35.5 Å². The molecule has 9 nitrogen and oxygen atoms in total. The number of rotatable bonds is 6. The number of anilines is 1. The van der Waals surface area contributed by atoms with Crippen molar-refractivity contribution in [2.45, 2.75) is 40.2 Å². The standard InChI is InChI=1S/C25H28N8OS/c1-16-13-17(2)33(31-16)23-7-6-22(29-30-23)32-11-8-19(9-12-32)24(34)27-15-21-18(3)28-25(35-21)20-5-4-10-26-14-20/h4-7,10,13-14,19H,8-9,11-12,15H2,1-3H3,(H,27,34). The third-order valence-electron chi connectivity index (χ3n) is 6.28. The summed E-state index contributed by atoms with van der Waals surface area (Å²) in [6.07, 6.45) is 5.14. The van der Waals surface area contributed by atoms with Crippen LogP contribution in [0.5, 0.6) is 0 Å². The van der Waals surface area contributed by atoms with E-state index in [1.54, 1.807) is 22.2 Å². The van der Waals surface area contributed by atoms with Gasteiger partial charge in [0.1, 0.15) is 5.01 Å². The number of pyridine rings is 1. The van der Waals surface area contributed by atoms with Crippen molar-refractivity contribution >= 4 is 23.1 Å². The lowest BCUT2D eigenvalue weighted by atomic mass is 9.96. The summed E-state index contributed by atoms with van der Waals surface area (Å²) in [6.45, 7) is 8.00. The number of nitrogens with zero attached hydrogens (tertiary/aromatic N) is 7. The first-order chi connectivity index (χ1) is 17.0. The van der Waals surface area contributed by atoms with E-state index in [-0.39, 0.29) is 11.8 Å². The molecule has 0 aliphatic carbocycles. The third kappa shape index (κ3) is 5.07. The fourth-order valence-corrected chi connectivity index (χ4v) is 5.34. The van der Waals surface area contributed by atoms with Gasteiger partial charge in [0.25, 0.3) is 0 Å². The van der Waals surface area contributed by atoms with Gasteiger partial charge in [-0.15, -0.1) is 21.5 Å². The van der Waals surface area contributed by atoms with E-state index in [4.69, 9.17) is 0 Å². The Bertz CT molecular complexity index is 1310. The predicted molar refractivity (Wildman–Crippen MR) is 135 cm³/mol.